The van der Waals surface area contributed by atoms with E-state index in [1.165, 1.54) is 31.5 Å². The van der Waals surface area contributed by atoms with Gasteiger partial charge in [-0.05, 0) is 81.0 Å². The zero-order valence-corrected chi connectivity index (χ0v) is 19.6. The van der Waals surface area contributed by atoms with E-state index in [1.54, 1.807) is 12.1 Å². The van der Waals surface area contributed by atoms with Crippen molar-refractivity contribution in [2.24, 2.45) is 11.8 Å². The summed E-state index contributed by atoms with van der Waals surface area (Å²) in [4.78, 5) is 4.86. The minimum absolute atomic E-state index is 0.171. The molecule has 2 atom stereocenters. The number of halogens is 1. The maximum absolute atomic E-state index is 13.4. The van der Waals surface area contributed by atoms with Crippen molar-refractivity contribution in [1.82, 2.24) is 15.1 Å². The number of rotatable bonds is 9. The standard InChI is InChI=1S/C27H36FN3O/c1-19(2)32-27-11-7-21(8-12-27)15-29-20(3)31(16-22-5-9-25(28)10-6-22)26-13-23-17-30(4)18-24(23)14-26/h5-12,19,23-24,26,29H,3,13-18H2,1-2,4H3. The van der Waals surface area contributed by atoms with Crippen LogP contribution in [0.5, 0.6) is 5.75 Å². The molecule has 2 aliphatic rings. The Morgan fingerprint density at radius 1 is 1.06 bits per heavy atom. The lowest BCUT2D eigenvalue weighted by Crippen LogP contribution is -2.38. The highest BCUT2D eigenvalue weighted by molar-refractivity contribution is 5.27. The van der Waals surface area contributed by atoms with Gasteiger partial charge in [0.05, 0.1) is 11.9 Å². The summed E-state index contributed by atoms with van der Waals surface area (Å²) in [7, 11) is 2.22. The van der Waals surface area contributed by atoms with E-state index >= 15 is 0 Å². The van der Waals surface area contributed by atoms with Crippen molar-refractivity contribution in [3.05, 3.63) is 77.9 Å². The number of nitrogens with one attached hydrogen (secondary N) is 1. The van der Waals surface area contributed by atoms with Crippen LogP contribution in [0.4, 0.5) is 4.39 Å². The Morgan fingerprint density at radius 3 is 2.25 bits per heavy atom. The molecule has 2 aromatic rings. The first-order chi connectivity index (χ1) is 15.4. The average molecular weight is 438 g/mol. The summed E-state index contributed by atoms with van der Waals surface area (Å²) >= 11 is 0. The SMILES string of the molecule is C=C(NCc1ccc(OC(C)C)cc1)N(Cc1ccc(F)cc1)C1CC2CN(C)CC2C1. The maximum Gasteiger partial charge on any atom is 0.123 e. The molecule has 5 heteroatoms. The molecule has 2 aromatic carbocycles. The van der Waals surface area contributed by atoms with Gasteiger partial charge in [0.2, 0.25) is 0 Å². The van der Waals surface area contributed by atoms with Gasteiger partial charge in [0.15, 0.2) is 0 Å². The summed E-state index contributed by atoms with van der Waals surface area (Å²) in [5, 5.41) is 3.55. The van der Waals surface area contributed by atoms with Crippen LogP contribution in [0, 0.1) is 17.7 Å². The normalized spacial score (nSPS) is 22.7. The molecule has 4 rings (SSSR count). The van der Waals surface area contributed by atoms with Gasteiger partial charge in [-0.15, -0.1) is 0 Å². The molecule has 1 aliphatic heterocycles. The van der Waals surface area contributed by atoms with Gasteiger partial charge < -0.3 is 19.9 Å². The lowest BCUT2D eigenvalue weighted by atomic mass is 10.0. The molecule has 1 heterocycles. The quantitative estimate of drug-likeness (QED) is 0.596. The fraction of sp³-hybridized carbons (Fsp3) is 0.481. The third-order valence-corrected chi connectivity index (χ3v) is 6.75. The fourth-order valence-corrected chi connectivity index (χ4v) is 5.25. The van der Waals surface area contributed by atoms with Crippen LogP contribution in [0.1, 0.15) is 37.8 Å². The summed E-state index contributed by atoms with van der Waals surface area (Å²) in [5.41, 5.74) is 2.30. The van der Waals surface area contributed by atoms with Crippen LogP contribution in [0.2, 0.25) is 0 Å². The van der Waals surface area contributed by atoms with E-state index in [0.29, 0.717) is 12.6 Å². The highest BCUT2D eigenvalue weighted by Crippen LogP contribution is 2.40. The van der Waals surface area contributed by atoms with Crippen LogP contribution in [0.25, 0.3) is 0 Å². The van der Waals surface area contributed by atoms with Crippen molar-refractivity contribution >= 4 is 0 Å². The van der Waals surface area contributed by atoms with Crippen molar-refractivity contribution in [2.75, 3.05) is 20.1 Å². The molecule has 2 fully saturated rings. The minimum atomic E-state index is -0.194. The molecule has 1 aliphatic carbocycles. The number of nitrogens with zero attached hydrogens (tertiary/aromatic N) is 2. The number of fused-ring (bicyclic) bond motifs is 1. The Morgan fingerprint density at radius 2 is 1.66 bits per heavy atom. The fourth-order valence-electron chi connectivity index (χ4n) is 5.25. The van der Waals surface area contributed by atoms with Crippen LogP contribution in [0.3, 0.4) is 0 Å². The molecule has 2 unspecified atom stereocenters. The van der Waals surface area contributed by atoms with Crippen molar-refractivity contribution in [1.29, 1.82) is 0 Å². The molecule has 32 heavy (non-hydrogen) atoms. The second-order valence-corrected chi connectivity index (χ2v) is 9.73. The number of hydrogen-bond donors (Lipinski definition) is 1. The van der Waals surface area contributed by atoms with Gasteiger partial charge in [-0.3, -0.25) is 0 Å². The summed E-state index contributed by atoms with van der Waals surface area (Å²) in [6.07, 6.45) is 2.56. The van der Waals surface area contributed by atoms with Gasteiger partial charge in [0, 0.05) is 32.2 Å². The average Bonchev–Trinajstić information content (AvgIpc) is 3.29. The Bertz CT molecular complexity index is 882. The molecule has 4 nitrogen and oxygen atoms in total. The summed E-state index contributed by atoms with van der Waals surface area (Å²) in [5.74, 6) is 3.17. The van der Waals surface area contributed by atoms with E-state index < -0.39 is 0 Å². The van der Waals surface area contributed by atoms with Gasteiger partial charge in [-0.25, -0.2) is 4.39 Å². The zero-order valence-electron chi connectivity index (χ0n) is 19.6. The molecule has 172 valence electrons. The number of ether oxygens (including phenoxy) is 1. The Balaban J connectivity index is 1.41. The Labute approximate surface area is 192 Å². The molecule has 0 amide bonds. The maximum atomic E-state index is 13.4. The number of benzene rings is 2. The van der Waals surface area contributed by atoms with Gasteiger partial charge in [-0.2, -0.15) is 0 Å². The monoisotopic (exact) mass is 437 g/mol. The Kier molecular flexibility index (Phi) is 7.04. The molecule has 1 saturated heterocycles. The lowest BCUT2D eigenvalue weighted by molar-refractivity contribution is 0.212. The van der Waals surface area contributed by atoms with Crippen LogP contribution < -0.4 is 10.1 Å². The minimum Gasteiger partial charge on any atom is -0.491 e. The van der Waals surface area contributed by atoms with Gasteiger partial charge in [-0.1, -0.05) is 30.8 Å². The van der Waals surface area contributed by atoms with Gasteiger partial charge >= 0.3 is 0 Å². The Hall–Kier alpha value is -2.53. The highest BCUT2D eigenvalue weighted by Gasteiger charge is 2.41. The van der Waals surface area contributed by atoms with E-state index in [0.717, 1.165) is 35.5 Å². The molecule has 0 aromatic heterocycles. The van der Waals surface area contributed by atoms with Gasteiger partial charge in [0.25, 0.3) is 0 Å². The zero-order chi connectivity index (χ0) is 22.7. The van der Waals surface area contributed by atoms with Gasteiger partial charge in [0.1, 0.15) is 11.6 Å². The first-order valence-corrected chi connectivity index (χ1v) is 11.8. The second-order valence-electron chi connectivity index (χ2n) is 9.73. The van der Waals surface area contributed by atoms with E-state index in [4.69, 9.17) is 4.74 Å². The molecule has 0 radical (unpaired) electrons. The summed E-state index contributed by atoms with van der Waals surface area (Å²) in [6.45, 7) is 12.3. The lowest BCUT2D eigenvalue weighted by Gasteiger charge is -2.34. The van der Waals surface area contributed by atoms with Crippen LogP contribution >= 0.6 is 0 Å². The predicted octanol–water partition coefficient (Wildman–Crippen LogP) is 5.02. The van der Waals surface area contributed by atoms with E-state index in [9.17, 15) is 4.39 Å². The topological polar surface area (TPSA) is 27.7 Å². The highest BCUT2D eigenvalue weighted by atomic mass is 19.1. The third kappa shape index (κ3) is 5.63. The van der Waals surface area contributed by atoms with Crippen molar-refractivity contribution in [3.63, 3.8) is 0 Å². The third-order valence-electron chi connectivity index (χ3n) is 6.75. The first-order valence-electron chi connectivity index (χ1n) is 11.8. The summed E-state index contributed by atoms with van der Waals surface area (Å²) in [6, 6.07) is 15.5. The molecule has 0 bridgehead atoms. The van der Waals surface area contributed by atoms with Crippen molar-refractivity contribution < 1.29 is 9.13 Å². The molecule has 1 N–H and O–H groups in total. The second kappa shape index (κ2) is 9.95. The molecular weight excluding hydrogens is 401 g/mol. The van der Waals surface area contributed by atoms with E-state index in [2.05, 4.69) is 40.9 Å². The van der Waals surface area contributed by atoms with Crippen molar-refractivity contribution in [3.8, 4) is 5.75 Å². The predicted molar refractivity (Wildman–Crippen MR) is 128 cm³/mol. The first kappa shape index (κ1) is 22.7. The van der Waals surface area contributed by atoms with Crippen LogP contribution in [0.15, 0.2) is 60.9 Å². The molecule has 1 saturated carbocycles. The van der Waals surface area contributed by atoms with Crippen LogP contribution in [-0.4, -0.2) is 42.1 Å². The summed E-state index contributed by atoms with van der Waals surface area (Å²) < 4.78 is 19.2. The molecule has 0 spiro atoms. The van der Waals surface area contributed by atoms with Crippen LogP contribution in [-0.2, 0) is 13.1 Å². The van der Waals surface area contributed by atoms with E-state index in [1.807, 2.05) is 38.1 Å². The smallest absolute Gasteiger partial charge is 0.123 e. The number of likely N-dealkylation sites (tertiary alicyclic amines) is 1. The van der Waals surface area contributed by atoms with Crippen molar-refractivity contribution in [2.45, 2.75) is 51.9 Å². The largest absolute Gasteiger partial charge is 0.491 e. The molecular formula is C27H36FN3O. The van der Waals surface area contributed by atoms with E-state index in [-0.39, 0.29) is 11.9 Å². The number of hydrogen-bond acceptors (Lipinski definition) is 4.